The highest BCUT2D eigenvalue weighted by Gasteiger charge is 2.30. The molecule has 9 heteroatoms. The van der Waals surface area contributed by atoms with Gasteiger partial charge in [-0.1, -0.05) is 12.8 Å². The van der Waals surface area contributed by atoms with Crippen molar-refractivity contribution in [3.63, 3.8) is 0 Å². The number of ether oxygens (including phenoxy) is 1. The lowest BCUT2D eigenvalue weighted by atomic mass is 10.1. The molecule has 1 aliphatic heterocycles. The van der Waals surface area contributed by atoms with Crippen molar-refractivity contribution in [3.8, 4) is 0 Å². The van der Waals surface area contributed by atoms with Gasteiger partial charge in [0.2, 0.25) is 10.0 Å². The van der Waals surface area contributed by atoms with E-state index in [2.05, 4.69) is 5.32 Å². The molecule has 0 radical (unpaired) electrons. The first-order chi connectivity index (χ1) is 12.0. The predicted octanol–water partition coefficient (Wildman–Crippen LogP) is 2.22. The van der Waals surface area contributed by atoms with E-state index in [0.29, 0.717) is 31.4 Å². The van der Waals surface area contributed by atoms with Gasteiger partial charge in [0.25, 0.3) is 5.69 Å². The average Bonchev–Trinajstić information content (AvgIpc) is 3.14. The third-order valence-corrected chi connectivity index (χ3v) is 6.76. The van der Waals surface area contributed by atoms with E-state index in [1.165, 1.54) is 29.3 Å². The Bertz CT molecular complexity index is 725. The molecular weight excluding hydrogens is 346 g/mol. The first-order valence-electron chi connectivity index (χ1n) is 8.58. The Morgan fingerprint density at radius 1 is 1.24 bits per heavy atom. The van der Waals surface area contributed by atoms with Crippen LogP contribution in [-0.4, -0.2) is 50.5 Å². The fourth-order valence-corrected chi connectivity index (χ4v) is 4.97. The van der Waals surface area contributed by atoms with Crippen LogP contribution in [0.2, 0.25) is 0 Å². The van der Waals surface area contributed by atoms with Crippen molar-refractivity contribution in [2.24, 2.45) is 5.92 Å². The third-order valence-electron chi connectivity index (χ3n) is 4.82. The first kappa shape index (κ1) is 18.1. The second kappa shape index (κ2) is 7.67. The Morgan fingerprint density at radius 2 is 1.92 bits per heavy atom. The minimum absolute atomic E-state index is 0.0263. The summed E-state index contributed by atoms with van der Waals surface area (Å²) in [7, 11) is -3.81. The molecule has 0 atom stereocenters. The Hall–Kier alpha value is -1.71. The number of anilines is 1. The molecule has 3 rings (SSSR count). The van der Waals surface area contributed by atoms with Gasteiger partial charge in [0.15, 0.2) is 0 Å². The van der Waals surface area contributed by atoms with E-state index < -0.39 is 14.9 Å². The zero-order valence-corrected chi connectivity index (χ0v) is 14.8. The lowest BCUT2D eigenvalue weighted by Gasteiger charge is -2.27. The molecule has 1 aliphatic carbocycles. The standard InChI is InChI=1S/C16H23N3O5S/c20-19(21)14-5-6-15(17-12-13-3-1-2-4-13)16(11-14)25(22,23)18-7-9-24-10-8-18/h5-6,11,13,17H,1-4,7-10,12H2. The molecule has 2 aliphatic rings. The number of nitrogens with zero attached hydrogens (tertiary/aromatic N) is 2. The Labute approximate surface area is 147 Å². The fourth-order valence-electron chi connectivity index (χ4n) is 3.38. The van der Waals surface area contributed by atoms with Gasteiger partial charge < -0.3 is 10.1 Å². The summed E-state index contributed by atoms with van der Waals surface area (Å²) >= 11 is 0. The monoisotopic (exact) mass is 369 g/mol. The maximum atomic E-state index is 13.0. The minimum Gasteiger partial charge on any atom is -0.384 e. The molecule has 8 nitrogen and oxygen atoms in total. The van der Waals surface area contributed by atoms with E-state index in [-0.39, 0.29) is 23.7 Å². The first-order valence-corrected chi connectivity index (χ1v) is 10.0. The number of hydrogen-bond acceptors (Lipinski definition) is 6. The van der Waals surface area contributed by atoms with E-state index in [1.54, 1.807) is 0 Å². The van der Waals surface area contributed by atoms with Crippen molar-refractivity contribution >= 4 is 21.4 Å². The molecule has 1 N–H and O–H groups in total. The number of nitro groups is 1. The van der Waals surface area contributed by atoms with Gasteiger partial charge in [-0.15, -0.1) is 0 Å². The highest BCUT2D eigenvalue weighted by Crippen LogP contribution is 2.31. The van der Waals surface area contributed by atoms with Crippen LogP contribution < -0.4 is 5.32 Å². The van der Waals surface area contributed by atoms with Crippen LogP contribution in [0.15, 0.2) is 23.1 Å². The zero-order chi connectivity index (χ0) is 17.9. The van der Waals surface area contributed by atoms with E-state index in [4.69, 9.17) is 4.74 Å². The number of benzene rings is 1. The Morgan fingerprint density at radius 3 is 2.56 bits per heavy atom. The molecule has 0 aromatic heterocycles. The van der Waals surface area contributed by atoms with Gasteiger partial charge in [-0.05, 0) is 24.8 Å². The van der Waals surface area contributed by atoms with Crippen LogP contribution in [0, 0.1) is 16.0 Å². The van der Waals surface area contributed by atoms with Crippen LogP contribution in [0.1, 0.15) is 25.7 Å². The summed E-state index contributed by atoms with van der Waals surface area (Å²) in [5, 5.41) is 14.3. The molecule has 1 saturated carbocycles. The Balaban J connectivity index is 1.89. The molecule has 1 aromatic rings. The fraction of sp³-hybridized carbons (Fsp3) is 0.625. The molecule has 1 saturated heterocycles. The second-order valence-electron chi connectivity index (χ2n) is 6.49. The van der Waals surface area contributed by atoms with Crippen molar-refractivity contribution in [1.82, 2.24) is 4.31 Å². The second-order valence-corrected chi connectivity index (χ2v) is 8.39. The molecule has 0 bridgehead atoms. The zero-order valence-electron chi connectivity index (χ0n) is 14.0. The van der Waals surface area contributed by atoms with Gasteiger partial charge >= 0.3 is 0 Å². The molecule has 0 amide bonds. The van der Waals surface area contributed by atoms with Crippen LogP contribution in [0.5, 0.6) is 0 Å². The van der Waals surface area contributed by atoms with Crippen molar-refractivity contribution in [2.45, 2.75) is 30.6 Å². The summed E-state index contributed by atoms with van der Waals surface area (Å²) in [5.41, 5.74) is 0.210. The summed E-state index contributed by atoms with van der Waals surface area (Å²) < 4.78 is 32.5. The number of nitro benzene ring substituents is 1. The quantitative estimate of drug-likeness (QED) is 0.609. The highest BCUT2D eigenvalue weighted by atomic mass is 32.2. The van der Waals surface area contributed by atoms with Crippen LogP contribution >= 0.6 is 0 Å². The molecular formula is C16H23N3O5S. The normalized spacial score (nSPS) is 19.8. The minimum atomic E-state index is -3.81. The number of rotatable bonds is 6. The third kappa shape index (κ3) is 4.10. The number of sulfonamides is 1. The smallest absolute Gasteiger partial charge is 0.270 e. The molecule has 138 valence electrons. The lowest BCUT2D eigenvalue weighted by Crippen LogP contribution is -2.40. The summed E-state index contributed by atoms with van der Waals surface area (Å²) in [6.07, 6.45) is 4.66. The van der Waals surface area contributed by atoms with Crippen molar-refractivity contribution < 1.29 is 18.1 Å². The summed E-state index contributed by atoms with van der Waals surface area (Å²) in [6, 6.07) is 4.00. The maximum Gasteiger partial charge on any atom is 0.270 e. The van der Waals surface area contributed by atoms with Crippen molar-refractivity contribution in [2.75, 3.05) is 38.2 Å². The molecule has 25 heavy (non-hydrogen) atoms. The van der Waals surface area contributed by atoms with E-state index in [0.717, 1.165) is 18.9 Å². The maximum absolute atomic E-state index is 13.0. The average molecular weight is 369 g/mol. The van der Waals surface area contributed by atoms with E-state index >= 15 is 0 Å². The summed E-state index contributed by atoms with van der Waals surface area (Å²) in [6.45, 7) is 1.86. The van der Waals surface area contributed by atoms with E-state index in [1.807, 2.05) is 0 Å². The largest absolute Gasteiger partial charge is 0.384 e. The molecule has 0 unspecified atom stereocenters. The van der Waals surface area contributed by atoms with Gasteiger partial charge in [0.1, 0.15) is 4.90 Å². The summed E-state index contributed by atoms with van der Waals surface area (Å²) in [5.74, 6) is 0.522. The predicted molar refractivity (Wildman–Crippen MR) is 93.1 cm³/mol. The van der Waals surface area contributed by atoms with Gasteiger partial charge in [-0.3, -0.25) is 10.1 Å². The molecule has 0 spiro atoms. The molecule has 1 heterocycles. The topological polar surface area (TPSA) is 102 Å². The van der Waals surface area contributed by atoms with Gasteiger partial charge in [-0.25, -0.2) is 8.42 Å². The van der Waals surface area contributed by atoms with Crippen LogP contribution in [0.3, 0.4) is 0 Å². The van der Waals surface area contributed by atoms with Gasteiger partial charge in [0.05, 0.1) is 23.8 Å². The highest BCUT2D eigenvalue weighted by molar-refractivity contribution is 7.89. The lowest BCUT2D eigenvalue weighted by molar-refractivity contribution is -0.385. The molecule has 2 fully saturated rings. The molecule has 1 aromatic carbocycles. The van der Waals surface area contributed by atoms with Crippen LogP contribution in [-0.2, 0) is 14.8 Å². The van der Waals surface area contributed by atoms with Crippen LogP contribution in [0.25, 0.3) is 0 Å². The van der Waals surface area contributed by atoms with Gasteiger partial charge in [-0.2, -0.15) is 4.31 Å². The summed E-state index contributed by atoms with van der Waals surface area (Å²) in [4.78, 5) is 10.5. The SMILES string of the molecule is O=[N+]([O-])c1ccc(NCC2CCCC2)c(S(=O)(=O)N2CCOCC2)c1. The van der Waals surface area contributed by atoms with Crippen molar-refractivity contribution in [3.05, 3.63) is 28.3 Å². The van der Waals surface area contributed by atoms with Gasteiger partial charge in [0, 0.05) is 31.8 Å². The number of non-ortho nitro benzene ring substituents is 1. The Kier molecular flexibility index (Phi) is 5.55. The number of hydrogen-bond donors (Lipinski definition) is 1. The number of nitrogens with one attached hydrogen (secondary N) is 1. The van der Waals surface area contributed by atoms with E-state index in [9.17, 15) is 18.5 Å². The van der Waals surface area contributed by atoms with Crippen molar-refractivity contribution in [1.29, 1.82) is 0 Å². The van der Waals surface area contributed by atoms with Crippen LogP contribution in [0.4, 0.5) is 11.4 Å². The number of morpholine rings is 1.